The minimum absolute atomic E-state index is 0.0618. The number of nitrogens with one attached hydrogen (secondary N) is 1. The molecule has 0 spiro atoms. The fourth-order valence-corrected chi connectivity index (χ4v) is 5.52. The second-order valence-electron chi connectivity index (χ2n) is 9.61. The van der Waals surface area contributed by atoms with Crippen LogP contribution in [-0.4, -0.2) is 20.8 Å². The van der Waals surface area contributed by atoms with Crippen LogP contribution in [0.25, 0.3) is 5.69 Å². The van der Waals surface area contributed by atoms with Gasteiger partial charge >= 0.3 is 0 Å². The highest BCUT2D eigenvalue weighted by Gasteiger charge is 2.42. The number of rotatable bonds is 6. The van der Waals surface area contributed by atoms with Crippen molar-refractivity contribution in [3.05, 3.63) is 107 Å². The maximum Gasteiger partial charge on any atom is 0.174 e. The number of benzene rings is 2. The minimum atomic E-state index is -0.0869. The first kappa shape index (κ1) is 24.1. The van der Waals surface area contributed by atoms with Crippen LogP contribution in [0.1, 0.15) is 54.1 Å². The fourth-order valence-electron chi connectivity index (χ4n) is 5.18. The molecule has 6 heteroatoms. The summed E-state index contributed by atoms with van der Waals surface area (Å²) in [6.07, 6.45) is 1.97. The summed E-state index contributed by atoms with van der Waals surface area (Å²) in [5, 5.41) is 4.26. The number of nitrogens with zero attached hydrogens (tertiary/aromatic N) is 3. The lowest BCUT2D eigenvalue weighted by Crippen LogP contribution is -2.29. The quantitative estimate of drug-likeness (QED) is 0.299. The van der Waals surface area contributed by atoms with Crippen LogP contribution in [0.5, 0.6) is 5.75 Å². The van der Waals surface area contributed by atoms with Crippen LogP contribution in [0, 0.1) is 20.8 Å². The predicted octanol–water partition coefficient (Wildman–Crippen LogP) is 6.76. The Morgan fingerprint density at radius 2 is 1.67 bits per heavy atom. The summed E-state index contributed by atoms with van der Waals surface area (Å²) in [6, 6.07) is 24.9. The van der Waals surface area contributed by atoms with E-state index in [1.807, 2.05) is 44.3 Å². The van der Waals surface area contributed by atoms with Gasteiger partial charge in [0.15, 0.2) is 5.11 Å². The summed E-state index contributed by atoms with van der Waals surface area (Å²) in [4.78, 5) is 6.92. The molecule has 1 aliphatic heterocycles. The Balaban J connectivity index is 1.64. The van der Waals surface area contributed by atoms with Crippen LogP contribution in [-0.2, 0) is 0 Å². The first-order valence-corrected chi connectivity index (χ1v) is 12.8. The van der Waals surface area contributed by atoms with Crippen molar-refractivity contribution in [3.63, 3.8) is 0 Å². The molecule has 5 nitrogen and oxygen atoms in total. The molecule has 4 aromatic rings. The molecule has 1 fully saturated rings. The highest BCUT2D eigenvalue weighted by atomic mass is 32.1. The second-order valence-corrected chi connectivity index (χ2v) is 9.99. The number of aryl methyl sites for hydroxylation is 2. The average Bonchev–Trinajstić information content (AvgIpc) is 3.35. The van der Waals surface area contributed by atoms with Gasteiger partial charge in [0, 0.05) is 29.0 Å². The topological polar surface area (TPSA) is 42.3 Å². The van der Waals surface area contributed by atoms with Gasteiger partial charge in [-0.3, -0.25) is 4.98 Å². The van der Waals surface area contributed by atoms with E-state index in [-0.39, 0.29) is 18.2 Å². The molecule has 2 aromatic heterocycles. The smallest absolute Gasteiger partial charge is 0.174 e. The molecule has 3 heterocycles. The highest BCUT2D eigenvalue weighted by Crippen LogP contribution is 2.44. The van der Waals surface area contributed by atoms with Crippen molar-refractivity contribution >= 4 is 23.0 Å². The van der Waals surface area contributed by atoms with Crippen molar-refractivity contribution in [2.75, 3.05) is 4.90 Å². The molecule has 0 bridgehead atoms. The van der Waals surface area contributed by atoms with Crippen LogP contribution in [0.2, 0.25) is 0 Å². The molecular weight excluding hydrogens is 464 g/mol. The van der Waals surface area contributed by atoms with Crippen molar-refractivity contribution in [1.82, 2.24) is 14.9 Å². The van der Waals surface area contributed by atoms with Gasteiger partial charge in [0.2, 0.25) is 0 Å². The highest BCUT2D eigenvalue weighted by molar-refractivity contribution is 7.80. The maximum absolute atomic E-state index is 5.93. The first-order valence-electron chi connectivity index (χ1n) is 12.4. The molecule has 1 N–H and O–H groups in total. The zero-order valence-corrected chi connectivity index (χ0v) is 22.2. The summed E-state index contributed by atoms with van der Waals surface area (Å²) in [6.45, 7) is 10.6. The number of thiocarbonyl (C=S) groups is 1. The molecule has 0 amide bonds. The van der Waals surface area contributed by atoms with Crippen LogP contribution < -0.4 is 15.0 Å². The van der Waals surface area contributed by atoms with Gasteiger partial charge in [-0.25, -0.2) is 0 Å². The molecule has 5 rings (SSSR count). The van der Waals surface area contributed by atoms with Gasteiger partial charge in [-0.2, -0.15) is 0 Å². The number of hydrogen-bond acceptors (Lipinski definition) is 3. The van der Waals surface area contributed by atoms with Crippen LogP contribution in [0.4, 0.5) is 5.69 Å². The van der Waals surface area contributed by atoms with E-state index in [0.29, 0.717) is 5.11 Å². The van der Waals surface area contributed by atoms with Crippen molar-refractivity contribution in [2.24, 2.45) is 0 Å². The van der Waals surface area contributed by atoms with Crippen molar-refractivity contribution in [3.8, 4) is 11.4 Å². The Bertz CT molecular complexity index is 1380. The number of hydrogen-bond donors (Lipinski definition) is 1. The Morgan fingerprint density at radius 1 is 0.944 bits per heavy atom. The Kier molecular flexibility index (Phi) is 6.54. The summed E-state index contributed by atoms with van der Waals surface area (Å²) >= 11 is 5.93. The van der Waals surface area contributed by atoms with Crippen molar-refractivity contribution < 1.29 is 4.74 Å². The maximum atomic E-state index is 5.93. The largest absolute Gasteiger partial charge is 0.491 e. The molecule has 0 radical (unpaired) electrons. The molecule has 0 saturated carbocycles. The van der Waals surface area contributed by atoms with Gasteiger partial charge in [-0.1, -0.05) is 24.3 Å². The van der Waals surface area contributed by atoms with Crippen molar-refractivity contribution in [1.29, 1.82) is 0 Å². The normalized spacial score (nSPS) is 17.5. The van der Waals surface area contributed by atoms with E-state index in [1.165, 1.54) is 28.2 Å². The zero-order valence-electron chi connectivity index (χ0n) is 21.4. The molecule has 0 aliphatic carbocycles. The third-order valence-electron chi connectivity index (χ3n) is 6.73. The van der Waals surface area contributed by atoms with Crippen LogP contribution in [0.3, 0.4) is 0 Å². The van der Waals surface area contributed by atoms with E-state index < -0.39 is 0 Å². The Hall–Kier alpha value is -3.64. The lowest BCUT2D eigenvalue weighted by atomic mass is 9.96. The van der Waals surface area contributed by atoms with Crippen molar-refractivity contribution in [2.45, 2.75) is 52.8 Å². The second kappa shape index (κ2) is 9.78. The van der Waals surface area contributed by atoms with E-state index in [1.54, 1.807) is 0 Å². The van der Waals surface area contributed by atoms with E-state index in [2.05, 4.69) is 84.1 Å². The zero-order chi connectivity index (χ0) is 25.4. The summed E-state index contributed by atoms with van der Waals surface area (Å²) in [7, 11) is 0. The van der Waals surface area contributed by atoms with Gasteiger partial charge in [0.1, 0.15) is 5.75 Å². The molecule has 0 unspecified atom stereocenters. The number of para-hydroxylation sites is 1. The molecular formula is C30H32N4OS. The molecule has 1 aliphatic rings. The molecule has 2 aromatic carbocycles. The SMILES string of the molecule is Cc1ccccc1-n1c(C)cc([C@@H]2[C@@H](c3ccccn3)NC(=S)N2c2ccc(OC(C)C)cc2)c1C. The third-order valence-corrected chi connectivity index (χ3v) is 7.04. The van der Waals surface area contributed by atoms with E-state index in [4.69, 9.17) is 21.9 Å². The summed E-state index contributed by atoms with van der Waals surface area (Å²) in [5.41, 5.74) is 8.04. The fraction of sp³-hybridized carbons (Fsp3) is 0.267. The summed E-state index contributed by atoms with van der Waals surface area (Å²) < 4.78 is 8.23. The lowest BCUT2D eigenvalue weighted by Gasteiger charge is -2.28. The lowest BCUT2D eigenvalue weighted by molar-refractivity contribution is 0.242. The monoisotopic (exact) mass is 496 g/mol. The van der Waals surface area contributed by atoms with Gasteiger partial charge in [0.05, 0.1) is 23.9 Å². The predicted molar refractivity (Wildman–Crippen MR) is 150 cm³/mol. The number of pyridine rings is 1. The van der Waals surface area contributed by atoms with Gasteiger partial charge in [-0.05, 0) is 106 Å². The van der Waals surface area contributed by atoms with Gasteiger partial charge in [-0.15, -0.1) is 0 Å². The van der Waals surface area contributed by atoms with E-state index >= 15 is 0 Å². The van der Waals surface area contributed by atoms with Crippen LogP contribution >= 0.6 is 12.2 Å². The molecule has 36 heavy (non-hydrogen) atoms. The molecule has 1 saturated heterocycles. The number of ether oxygens (including phenoxy) is 1. The van der Waals surface area contributed by atoms with Crippen LogP contribution in [0.15, 0.2) is 79.0 Å². The van der Waals surface area contributed by atoms with E-state index in [0.717, 1.165) is 17.1 Å². The molecule has 184 valence electrons. The Labute approximate surface area is 218 Å². The van der Waals surface area contributed by atoms with Gasteiger partial charge in [0.25, 0.3) is 0 Å². The molecule has 2 atom stereocenters. The van der Waals surface area contributed by atoms with Gasteiger partial charge < -0.3 is 19.5 Å². The average molecular weight is 497 g/mol. The third kappa shape index (κ3) is 4.37. The first-order chi connectivity index (χ1) is 17.3. The minimum Gasteiger partial charge on any atom is -0.491 e. The number of aromatic nitrogens is 2. The van der Waals surface area contributed by atoms with E-state index in [9.17, 15) is 0 Å². The Morgan fingerprint density at radius 3 is 2.33 bits per heavy atom. The number of anilines is 1. The summed E-state index contributed by atoms with van der Waals surface area (Å²) in [5.74, 6) is 0.849. The standard InChI is InChI=1S/C30H32N4OS/c1-19(2)35-24-15-13-23(14-16-24)34-29(28(32-30(34)36)26-11-8-9-17-31-26)25-18-21(4)33(22(25)5)27-12-7-6-10-20(27)3/h6-19,28-29H,1-5H3,(H,32,36)/t28-,29-/m1/s1.